The Balaban J connectivity index is 1.27. The summed E-state index contributed by atoms with van der Waals surface area (Å²) >= 11 is 0. The van der Waals surface area contributed by atoms with E-state index >= 15 is 0 Å². The molecular formula is C19H21F3N6. The third kappa shape index (κ3) is 2.84. The molecule has 3 unspecified atom stereocenters. The Morgan fingerprint density at radius 2 is 1.96 bits per heavy atom. The number of hydrogen-bond donors (Lipinski definition) is 1. The van der Waals surface area contributed by atoms with E-state index in [9.17, 15) is 13.2 Å². The molecule has 6 nitrogen and oxygen atoms in total. The summed E-state index contributed by atoms with van der Waals surface area (Å²) in [6.45, 7) is 1.45. The van der Waals surface area contributed by atoms with E-state index in [1.54, 1.807) is 17.0 Å². The maximum Gasteiger partial charge on any atom is 0.180 e. The van der Waals surface area contributed by atoms with Gasteiger partial charge in [-0.05, 0) is 25.2 Å². The molecule has 2 aromatic heterocycles. The summed E-state index contributed by atoms with van der Waals surface area (Å²) in [5.74, 6) is -3.41. The highest BCUT2D eigenvalue weighted by molar-refractivity contribution is 5.50. The lowest BCUT2D eigenvalue weighted by atomic mass is 9.72. The highest BCUT2D eigenvalue weighted by Crippen LogP contribution is 2.43. The van der Waals surface area contributed by atoms with E-state index in [4.69, 9.17) is 5.73 Å². The maximum atomic E-state index is 14.2. The van der Waals surface area contributed by atoms with Crippen LogP contribution in [0.2, 0.25) is 0 Å². The lowest BCUT2D eigenvalue weighted by Crippen LogP contribution is -2.47. The first-order valence-corrected chi connectivity index (χ1v) is 9.60. The molecule has 2 N–H and O–H groups in total. The van der Waals surface area contributed by atoms with Crippen molar-refractivity contribution < 1.29 is 13.2 Å². The third-order valence-electron chi connectivity index (χ3n) is 6.41. The van der Waals surface area contributed by atoms with Gasteiger partial charge in [-0.25, -0.2) is 18.2 Å². The lowest BCUT2D eigenvalue weighted by molar-refractivity contribution is 0.0986. The molecule has 2 aromatic rings. The number of rotatable bonds is 2. The molecule has 4 atom stereocenters. The van der Waals surface area contributed by atoms with Crippen LogP contribution >= 0.6 is 0 Å². The van der Waals surface area contributed by atoms with Crippen molar-refractivity contribution in [2.45, 2.75) is 50.9 Å². The Morgan fingerprint density at radius 3 is 2.79 bits per heavy atom. The number of halogens is 3. The molecule has 1 aliphatic heterocycles. The van der Waals surface area contributed by atoms with Crippen molar-refractivity contribution >= 4 is 5.65 Å². The summed E-state index contributed by atoms with van der Waals surface area (Å²) in [4.78, 5) is 6.70. The van der Waals surface area contributed by atoms with E-state index in [0.717, 1.165) is 29.9 Å². The van der Waals surface area contributed by atoms with Gasteiger partial charge >= 0.3 is 0 Å². The Bertz CT molecular complexity index is 983. The predicted octanol–water partition coefficient (Wildman–Crippen LogP) is 2.96. The molecule has 3 aliphatic rings. The van der Waals surface area contributed by atoms with Gasteiger partial charge in [-0.2, -0.15) is 10.2 Å². The van der Waals surface area contributed by atoms with Crippen molar-refractivity contribution in [3.63, 3.8) is 0 Å². The summed E-state index contributed by atoms with van der Waals surface area (Å²) in [6.07, 6.45) is 5.94. The summed E-state index contributed by atoms with van der Waals surface area (Å²) in [6, 6.07) is -0.00405. The van der Waals surface area contributed by atoms with Gasteiger partial charge in [0.05, 0.1) is 11.9 Å². The first-order chi connectivity index (χ1) is 13.5. The van der Waals surface area contributed by atoms with Crippen molar-refractivity contribution in [2.24, 2.45) is 17.6 Å². The molecule has 2 aliphatic carbocycles. The highest BCUT2D eigenvalue weighted by Gasteiger charge is 2.41. The second-order valence-corrected chi connectivity index (χ2v) is 7.97. The van der Waals surface area contributed by atoms with Crippen LogP contribution in [0.15, 0.2) is 36.0 Å². The van der Waals surface area contributed by atoms with E-state index in [2.05, 4.69) is 20.1 Å². The van der Waals surface area contributed by atoms with Gasteiger partial charge in [-0.3, -0.25) is 4.90 Å². The van der Waals surface area contributed by atoms with Gasteiger partial charge in [-0.15, -0.1) is 4.63 Å². The molecule has 1 fully saturated rings. The Labute approximate surface area is 159 Å². The molecule has 148 valence electrons. The smallest absolute Gasteiger partial charge is 0.180 e. The molecule has 9 heteroatoms. The van der Waals surface area contributed by atoms with Crippen LogP contribution < -0.4 is 5.73 Å². The lowest BCUT2D eigenvalue weighted by Gasteiger charge is -2.41. The molecule has 1 saturated carbocycles. The van der Waals surface area contributed by atoms with E-state index in [-0.39, 0.29) is 24.4 Å². The highest BCUT2D eigenvalue weighted by atomic mass is 19.2. The van der Waals surface area contributed by atoms with Gasteiger partial charge in [0.25, 0.3) is 0 Å². The first-order valence-electron chi connectivity index (χ1n) is 9.60. The van der Waals surface area contributed by atoms with Crippen molar-refractivity contribution in [2.75, 3.05) is 0 Å². The van der Waals surface area contributed by atoms with Gasteiger partial charge in [-0.1, -0.05) is 0 Å². The van der Waals surface area contributed by atoms with Gasteiger partial charge in [0, 0.05) is 55.3 Å². The van der Waals surface area contributed by atoms with E-state index in [1.807, 2.05) is 0 Å². The van der Waals surface area contributed by atoms with Crippen molar-refractivity contribution in [3.05, 3.63) is 47.2 Å². The third-order valence-corrected chi connectivity index (χ3v) is 6.41. The van der Waals surface area contributed by atoms with E-state index in [1.165, 1.54) is 0 Å². The minimum absolute atomic E-state index is 0.180. The zero-order chi connectivity index (χ0) is 19.4. The van der Waals surface area contributed by atoms with Crippen molar-refractivity contribution in [3.8, 4) is 0 Å². The summed E-state index contributed by atoms with van der Waals surface area (Å²) in [5.41, 5.74) is 9.23. The zero-order valence-electron chi connectivity index (χ0n) is 15.2. The molecular weight excluding hydrogens is 369 g/mol. The van der Waals surface area contributed by atoms with Gasteiger partial charge in [0.2, 0.25) is 0 Å². The van der Waals surface area contributed by atoms with Crippen LogP contribution in [0, 0.1) is 11.8 Å². The standard InChI is InChI=1S/C19H21F3N6/c20-14-7-16(22)15(21)6-12(14)11-2-1-10(5-17(11)23)27-8-13-18(9-27)26-28-19(13)24-3-4-25-28/h3-4,7,10-12,17H,1-2,5-6,8-9,23H2/t10?,11-,12?,17?/m1/s1. The molecule has 0 amide bonds. The molecule has 3 heterocycles. The van der Waals surface area contributed by atoms with Crippen LogP contribution in [-0.2, 0) is 13.1 Å². The zero-order valence-corrected chi connectivity index (χ0v) is 15.2. The maximum absolute atomic E-state index is 14.2. The normalized spacial score (nSPS) is 31.4. The molecule has 0 aromatic carbocycles. The van der Waals surface area contributed by atoms with E-state index < -0.39 is 23.4 Å². The topological polar surface area (TPSA) is 72.3 Å². The van der Waals surface area contributed by atoms with E-state index in [0.29, 0.717) is 25.5 Å². The van der Waals surface area contributed by atoms with Gasteiger partial charge in [0.1, 0.15) is 11.7 Å². The Morgan fingerprint density at radius 1 is 1.11 bits per heavy atom. The molecule has 0 bridgehead atoms. The average molecular weight is 390 g/mol. The fourth-order valence-corrected chi connectivity index (χ4v) is 4.96. The summed E-state index contributed by atoms with van der Waals surface area (Å²) < 4.78 is 42.8. The number of aromatic nitrogens is 4. The van der Waals surface area contributed by atoms with Crippen molar-refractivity contribution in [1.29, 1.82) is 0 Å². The number of allylic oxidation sites excluding steroid dienone is 4. The number of nitrogens with zero attached hydrogens (tertiary/aromatic N) is 5. The fourth-order valence-electron chi connectivity index (χ4n) is 4.96. The van der Waals surface area contributed by atoms with Crippen LogP contribution in [-0.4, -0.2) is 36.8 Å². The molecule has 0 radical (unpaired) electrons. The molecule has 0 saturated heterocycles. The van der Waals surface area contributed by atoms with Crippen LogP contribution in [0.25, 0.3) is 5.65 Å². The van der Waals surface area contributed by atoms with Gasteiger partial charge < -0.3 is 5.73 Å². The average Bonchev–Trinajstić information content (AvgIpc) is 3.23. The monoisotopic (exact) mass is 390 g/mol. The largest absolute Gasteiger partial charge is 0.327 e. The first kappa shape index (κ1) is 17.8. The molecule has 0 spiro atoms. The van der Waals surface area contributed by atoms with Crippen molar-refractivity contribution in [1.82, 2.24) is 24.7 Å². The summed E-state index contributed by atoms with van der Waals surface area (Å²) in [5, 5.41) is 8.68. The second kappa shape index (κ2) is 6.66. The van der Waals surface area contributed by atoms with Crippen LogP contribution in [0.5, 0.6) is 0 Å². The minimum atomic E-state index is -1.10. The van der Waals surface area contributed by atoms with Crippen LogP contribution in [0.3, 0.4) is 0 Å². The van der Waals surface area contributed by atoms with Crippen LogP contribution in [0.4, 0.5) is 13.2 Å². The Kier molecular flexibility index (Phi) is 4.24. The van der Waals surface area contributed by atoms with Gasteiger partial charge in [0.15, 0.2) is 11.5 Å². The summed E-state index contributed by atoms with van der Waals surface area (Å²) in [7, 11) is 0. The quantitative estimate of drug-likeness (QED) is 0.854. The molecule has 5 rings (SSSR count). The Hall–Kier alpha value is -2.26. The SMILES string of the molecule is NC1CC(N2Cc3nn4nccnc4c3C2)CC[C@@H]1C1CC(F)=C(F)C=C1F. The molecule has 28 heavy (non-hydrogen) atoms. The fraction of sp³-hybridized carbons (Fsp3) is 0.526. The minimum Gasteiger partial charge on any atom is -0.327 e. The number of hydrogen-bond acceptors (Lipinski definition) is 5. The predicted molar refractivity (Wildman–Crippen MR) is 95.7 cm³/mol. The second-order valence-electron chi connectivity index (χ2n) is 7.97. The number of fused-ring (bicyclic) bond motifs is 3. The number of nitrogens with two attached hydrogens (primary N) is 1. The van der Waals surface area contributed by atoms with Crippen LogP contribution in [0.1, 0.15) is 36.9 Å².